The Morgan fingerprint density at radius 2 is 1.87 bits per heavy atom. The van der Waals surface area contributed by atoms with E-state index in [4.69, 9.17) is 9.47 Å². The van der Waals surface area contributed by atoms with Crippen molar-refractivity contribution in [2.75, 3.05) is 37.9 Å². The molecule has 1 aromatic rings. The molecule has 1 N–H and O–H groups in total. The van der Waals surface area contributed by atoms with Crippen LogP contribution in [0.25, 0.3) is 0 Å². The number of rotatable bonds is 1. The third kappa shape index (κ3) is 1.61. The summed E-state index contributed by atoms with van der Waals surface area (Å²) in [7, 11) is 0. The van der Waals surface area contributed by atoms with Gasteiger partial charge in [-0.05, 0) is 12.1 Å². The molecule has 0 aromatic heterocycles. The zero-order valence-corrected chi connectivity index (χ0v) is 8.53. The summed E-state index contributed by atoms with van der Waals surface area (Å²) in [5.74, 6) is 1.72. The number of piperazine rings is 1. The molecule has 0 aliphatic carbocycles. The molecule has 0 unspecified atom stereocenters. The molecule has 80 valence electrons. The van der Waals surface area contributed by atoms with Gasteiger partial charge in [0.25, 0.3) is 0 Å². The molecule has 1 aromatic carbocycles. The van der Waals surface area contributed by atoms with Gasteiger partial charge in [-0.2, -0.15) is 0 Å². The molecule has 0 radical (unpaired) electrons. The van der Waals surface area contributed by atoms with Crippen LogP contribution >= 0.6 is 0 Å². The molecule has 2 aliphatic rings. The Hall–Kier alpha value is -1.42. The molecule has 2 heterocycles. The van der Waals surface area contributed by atoms with E-state index in [1.54, 1.807) is 0 Å². The molecule has 0 bridgehead atoms. The second-order valence-corrected chi connectivity index (χ2v) is 3.77. The van der Waals surface area contributed by atoms with E-state index >= 15 is 0 Å². The van der Waals surface area contributed by atoms with E-state index in [0.717, 1.165) is 37.7 Å². The fourth-order valence-corrected chi connectivity index (χ4v) is 2.00. The summed E-state index contributed by atoms with van der Waals surface area (Å²) in [6.45, 7) is 4.56. The Labute approximate surface area is 88.8 Å². The van der Waals surface area contributed by atoms with Crippen molar-refractivity contribution in [2.24, 2.45) is 0 Å². The predicted octanol–water partition coefficient (Wildman–Crippen LogP) is 0.825. The van der Waals surface area contributed by atoms with E-state index in [-0.39, 0.29) is 0 Å². The smallest absolute Gasteiger partial charge is 0.231 e. The maximum atomic E-state index is 5.37. The lowest BCUT2D eigenvalue weighted by molar-refractivity contribution is 0.174. The molecule has 0 amide bonds. The van der Waals surface area contributed by atoms with Crippen molar-refractivity contribution in [3.63, 3.8) is 0 Å². The van der Waals surface area contributed by atoms with Crippen molar-refractivity contribution >= 4 is 5.69 Å². The first-order chi connectivity index (χ1) is 7.43. The van der Waals surface area contributed by atoms with Gasteiger partial charge in [-0.15, -0.1) is 0 Å². The molecule has 15 heavy (non-hydrogen) atoms. The highest BCUT2D eigenvalue weighted by molar-refractivity contribution is 5.57. The van der Waals surface area contributed by atoms with Crippen LogP contribution in [0.1, 0.15) is 0 Å². The number of nitrogens with one attached hydrogen (secondary N) is 1. The van der Waals surface area contributed by atoms with Crippen LogP contribution in [0.5, 0.6) is 11.5 Å². The molecular weight excluding hydrogens is 192 g/mol. The van der Waals surface area contributed by atoms with Crippen molar-refractivity contribution in [2.45, 2.75) is 0 Å². The highest BCUT2D eigenvalue weighted by atomic mass is 16.7. The minimum Gasteiger partial charge on any atom is -0.454 e. The van der Waals surface area contributed by atoms with Gasteiger partial charge in [0.2, 0.25) is 6.79 Å². The van der Waals surface area contributed by atoms with E-state index in [9.17, 15) is 0 Å². The van der Waals surface area contributed by atoms with Crippen LogP contribution in [-0.4, -0.2) is 33.0 Å². The molecule has 4 nitrogen and oxygen atoms in total. The number of hydrogen-bond acceptors (Lipinski definition) is 4. The first-order valence-electron chi connectivity index (χ1n) is 5.29. The zero-order valence-electron chi connectivity index (χ0n) is 8.53. The molecule has 1 fully saturated rings. The van der Waals surface area contributed by atoms with Gasteiger partial charge in [0, 0.05) is 37.9 Å². The van der Waals surface area contributed by atoms with Crippen LogP contribution in [0.15, 0.2) is 18.2 Å². The average molecular weight is 206 g/mol. The topological polar surface area (TPSA) is 33.7 Å². The van der Waals surface area contributed by atoms with E-state index in [2.05, 4.69) is 22.3 Å². The number of hydrogen-bond donors (Lipinski definition) is 1. The Balaban J connectivity index is 1.85. The van der Waals surface area contributed by atoms with Crippen LogP contribution in [-0.2, 0) is 0 Å². The number of benzene rings is 1. The van der Waals surface area contributed by atoms with Crippen LogP contribution < -0.4 is 19.7 Å². The Morgan fingerprint density at radius 1 is 1.07 bits per heavy atom. The molecule has 2 aliphatic heterocycles. The molecule has 1 saturated heterocycles. The number of anilines is 1. The molecule has 4 heteroatoms. The standard InChI is InChI=1S/C11H14N2O2/c1-2-10-11(15-8-14-10)7-9(1)13-5-3-12-4-6-13/h1-2,7,12H,3-6,8H2. The van der Waals surface area contributed by atoms with E-state index in [1.165, 1.54) is 5.69 Å². The number of nitrogens with zero attached hydrogens (tertiary/aromatic N) is 1. The second-order valence-electron chi connectivity index (χ2n) is 3.77. The zero-order chi connectivity index (χ0) is 10.1. The highest BCUT2D eigenvalue weighted by Gasteiger charge is 2.16. The first-order valence-corrected chi connectivity index (χ1v) is 5.29. The Kier molecular flexibility index (Phi) is 2.14. The van der Waals surface area contributed by atoms with Gasteiger partial charge >= 0.3 is 0 Å². The number of ether oxygens (including phenoxy) is 2. The Morgan fingerprint density at radius 3 is 2.73 bits per heavy atom. The lowest BCUT2D eigenvalue weighted by Gasteiger charge is -2.29. The molecular formula is C11H14N2O2. The Bertz CT molecular complexity index is 362. The van der Waals surface area contributed by atoms with Gasteiger partial charge in [0.05, 0.1) is 0 Å². The summed E-state index contributed by atoms with van der Waals surface area (Å²) in [6, 6.07) is 6.15. The van der Waals surface area contributed by atoms with Gasteiger partial charge in [-0.3, -0.25) is 0 Å². The van der Waals surface area contributed by atoms with Gasteiger partial charge in [0.1, 0.15) is 0 Å². The van der Waals surface area contributed by atoms with Gasteiger partial charge < -0.3 is 19.7 Å². The predicted molar refractivity (Wildman–Crippen MR) is 57.6 cm³/mol. The minimum absolute atomic E-state index is 0.348. The largest absolute Gasteiger partial charge is 0.454 e. The molecule has 3 rings (SSSR count). The van der Waals surface area contributed by atoms with Crippen LogP contribution in [0.3, 0.4) is 0 Å². The SMILES string of the molecule is c1cc2c(cc1N1CCNCC1)OCO2. The van der Waals surface area contributed by atoms with E-state index in [1.807, 2.05) is 6.07 Å². The molecule has 0 spiro atoms. The second kappa shape index (κ2) is 3.62. The molecule has 0 saturated carbocycles. The number of fused-ring (bicyclic) bond motifs is 1. The van der Waals surface area contributed by atoms with Gasteiger partial charge in [0.15, 0.2) is 11.5 Å². The highest BCUT2D eigenvalue weighted by Crippen LogP contribution is 2.35. The summed E-state index contributed by atoms with van der Waals surface area (Å²) in [5.41, 5.74) is 1.22. The van der Waals surface area contributed by atoms with Gasteiger partial charge in [-0.25, -0.2) is 0 Å². The third-order valence-electron chi connectivity index (χ3n) is 2.84. The monoisotopic (exact) mass is 206 g/mol. The average Bonchev–Trinajstić information content (AvgIpc) is 2.77. The van der Waals surface area contributed by atoms with Crippen molar-refractivity contribution in [1.82, 2.24) is 5.32 Å². The van der Waals surface area contributed by atoms with Crippen molar-refractivity contribution < 1.29 is 9.47 Å². The van der Waals surface area contributed by atoms with Crippen LogP contribution in [0.2, 0.25) is 0 Å². The fraction of sp³-hybridized carbons (Fsp3) is 0.455. The summed E-state index contributed by atoms with van der Waals surface area (Å²) in [6.07, 6.45) is 0. The quantitative estimate of drug-likeness (QED) is 0.737. The summed E-state index contributed by atoms with van der Waals surface area (Å²) in [4.78, 5) is 2.36. The van der Waals surface area contributed by atoms with Crippen LogP contribution in [0.4, 0.5) is 5.69 Å². The maximum absolute atomic E-state index is 5.37. The summed E-state index contributed by atoms with van der Waals surface area (Å²) in [5, 5.41) is 3.34. The lowest BCUT2D eigenvalue weighted by atomic mass is 10.2. The summed E-state index contributed by atoms with van der Waals surface area (Å²) < 4.78 is 10.7. The minimum atomic E-state index is 0.348. The first kappa shape index (κ1) is 8.85. The van der Waals surface area contributed by atoms with Crippen molar-refractivity contribution in [3.05, 3.63) is 18.2 Å². The lowest BCUT2D eigenvalue weighted by Crippen LogP contribution is -2.43. The summed E-state index contributed by atoms with van der Waals surface area (Å²) >= 11 is 0. The van der Waals surface area contributed by atoms with Gasteiger partial charge in [-0.1, -0.05) is 0 Å². The fourth-order valence-electron chi connectivity index (χ4n) is 2.00. The normalized spacial score (nSPS) is 19.3. The van der Waals surface area contributed by atoms with E-state index in [0.29, 0.717) is 6.79 Å². The maximum Gasteiger partial charge on any atom is 0.231 e. The van der Waals surface area contributed by atoms with Crippen LogP contribution in [0, 0.1) is 0 Å². The van der Waals surface area contributed by atoms with Crippen molar-refractivity contribution in [3.8, 4) is 11.5 Å². The molecule has 0 atom stereocenters. The van der Waals surface area contributed by atoms with Crippen molar-refractivity contribution in [1.29, 1.82) is 0 Å². The van der Waals surface area contributed by atoms with E-state index < -0.39 is 0 Å². The third-order valence-corrected chi connectivity index (χ3v) is 2.84.